The van der Waals surface area contributed by atoms with Gasteiger partial charge in [0.25, 0.3) is 0 Å². The highest BCUT2D eigenvalue weighted by Gasteiger charge is 2.18. The van der Waals surface area contributed by atoms with Gasteiger partial charge in [-0.3, -0.25) is 13.7 Å². The second-order valence-corrected chi connectivity index (χ2v) is 11.5. The van der Waals surface area contributed by atoms with Crippen molar-refractivity contribution in [2.75, 3.05) is 0 Å². The van der Waals surface area contributed by atoms with Crippen molar-refractivity contribution in [1.29, 1.82) is 0 Å². The molecule has 5 aromatic heterocycles. The van der Waals surface area contributed by atoms with Gasteiger partial charge in [-0.2, -0.15) is 0 Å². The number of aromatic nitrogens is 5. The van der Waals surface area contributed by atoms with Crippen molar-refractivity contribution in [2.24, 2.45) is 0 Å². The second kappa shape index (κ2) is 9.15. The number of pyridine rings is 2. The third kappa shape index (κ3) is 3.38. The Hall–Kier alpha value is -6.20. The molecule has 0 N–H and O–H groups in total. The summed E-state index contributed by atoms with van der Waals surface area (Å²) in [6.45, 7) is 0. The minimum Gasteiger partial charge on any atom is -0.294 e. The molecule has 5 heterocycles. The first-order valence-electron chi connectivity index (χ1n) is 15.2. The maximum Gasteiger partial charge on any atom is 0.145 e. The summed E-state index contributed by atoms with van der Waals surface area (Å²) < 4.78 is 6.84. The Labute approximate surface area is 257 Å². The molecule has 5 heteroatoms. The molecule has 0 radical (unpaired) electrons. The third-order valence-electron chi connectivity index (χ3n) is 9.11. The summed E-state index contributed by atoms with van der Waals surface area (Å²) >= 11 is 0. The smallest absolute Gasteiger partial charge is 0.145 e. The maximum absolute atomic E-state index is 5.32. The summed E-state index contributed by atoms with van der Waals surface area (Å²) in [4.78, 5) is 10.1. The van der Waals surface area contributed by atoms with Gasteiger partial charge in [-0.15, -0.1) is 0 Å². The van der Waals surface area contributed by atoms with Gasteiger partial charge in [0.15, 0.2) is 0 Å². The van der Waals surface area contributed by atoms with Crippen molar-refractivity contribution in [3.63, 3.8) is 0 Å². The minimum absolute atomic E-state index is 0.881. The van der Waals surface area contributed by atoms with Crippen LogP contribution in [0.2, 0.25) is 0 Å². The van der Waals surface area contributed by atoms with Crippen molar-refractivity contribution in [2.45, 2.75) is 0 Å². The average molecular weight is 576 g/mol. The molecular formula is C40H25N5. The molecule has 45 heavy (non-hydrogen) atoms. The number of hydrogen-bond acceptors (Lipinski definition) is 2. The van der Waals surface area contributed by atoms with E-state index in [4.69, 9.17) is 9.97 Å². The van der Waals surface area contributed by atoms with Gasteiger partial charge in [0.2, 0.25) is 0 Å². The zero-order chi connectivity index (χ0) is 29.5. The lowest BCUT2D eigenvalue weighted by Gasteiger charge is -2.12. The molecule has 0 saturated carbocycles. The second-order valence-electron chi connectivity index (χ2n) is 11.5. The van der Waals surface area contributed by atoms with Gasteiger partial charge in [-0.25, -0.2) is 9.97 Å². The van der Waals surface area contributed by atoms with Crippen LogP contribution in [-0.2, 0) is 0 Å². The first-order valence-corrected chi connectivity index (χ1v) is 15.2. The number of fused-ring (bicyclic) bond motifs is 9. The predicted molar refractivity (Wildman–Crippen MR) is 185 cm³/mol. The van der Waals surface area contributed by atoms with Crippen molar-refractivity contribution >= 4 is 65.5 Å². The van der Waals surface area contributed by atoms with Crippen LogP contribution in [0.15, 0.2) is 152 Å². The third-order valence-corrected chi connectivity index (χ3v) is 9.11. The number of rotatable bonds is 3. The molecule has 0 unspecified atom stereocenters. The van der Waals surface area contributed by atoms with Crippen LogP contribution in [0.3, 0.4) is 0 Å². The molecule has 0 aliphatic rings. The molecule has 5 aromatic carbocycles. The van der Waals surface area contributed by atoms with E-state index in [0.717, 1.165) is 55.9 Å². The molecule has 0 fully saturated rings. The summed E-state index contributed by atoms with van der Waals surface area (Å²) in [6, 6.07) is 51.5. The fraction of sp³-hybridized carbons (Fsp3) is 0. The molecular weight excluding hydrogens is 550 g/mol. The first kappa shape index (κ1) is 24.3. The van der Waals surface area contributed by atoms with Crippen molar-refractivity contribution in [1.82, 2.24) is 23.7 Å². The Morgan fingerprint density at radius 3 is 1.42 bits per heavy atom. The largest absolute Gasteiger partial charge is 0.294 e. The van der Waals surface area contributed by atoms with E-state index < -0.39 is 0 Å². The topological polar surface area (TPSA) is 40.6 Å². The SMILES string of the molecule is c1cc(-n2c3ccccc3c3ccccc32)nc(-n2c3ccccc3c3cc(-n4c5ccccc5c5cccnc54)ccc32)c1. The lowest BCUT2D eigenvalue weighted by molar-refractivity contribution is 1.01. The highest BCUT2D eigenvalue weighted by molar-refractivity contribution is 6.12. The fourth-order valence-corrected chi connectivity index (χ4v) is 7.23. The van der Waals surface area contributed by atoms with E-state index in [0.29, 0.717) is 0 Å². The Balaban J connectivity index is 1.22. The van der Waals surface area contributed by atoms with E-state index in [9.17, 15) is 0 Å². The van der Waals surface area contributed by atoms with E-state index in [1.54, 1.807) is 0 Å². The average Bonchev–Trinajstić information content (AvgIpc) is 3.74. The quantitative estimate of drug-likeness (QED) is 0.210. The molecule has 0 amide bonds. The first-order chi connectivity index (χ1) is 22.3. The Bertz CT molecular complexity index is 2670. The van der Waals surface area contributed by atoms with Crippen LogP contribution in [0.1, 0.15) is 0 Å². The Kier molecular flexibility index (Phi) is 4.93. The standard InChI is InChI=1S/C40H25N5/c1-6-17-34-27(11-1)28-12-2-7-18-35(28)44(34)38-20-9-21-39(42-38)45-36-19-8-4-14-30(36)32-25-26(22-23-37(32)45)43-33-16-5-3-13-29(33)31-15-10-24-41-40(31)43/h1-25H. The molecule has 0 atom stereocenters. The number of para-hydroxylation sites is 4. The number of benzene rings is 5. The van der Waals surface area contributed by atoms with E-state index in [2.05, 4.69) is 153 Å². The van der Waals surface area contributed by atoms with E-state index in [1.165, 1.54) is 26.9 Å². The molecule has 0 spiro atoms. The normalized spacial score (nSPS) is 12.0. The van der Waals surface area contributed by atoms with Crippen molar-refractivity contribution in [3.8, 4) is 17.3 Å². The van der Waals surface area contributed by atoms with Crippen LogP contribution in [0.4, 0.5) is 0 Å². The van der Waals surface area contributed by atoms with Gasteiger partial charge in [-0.05, 0) is 66.7 Å². The van der Waals surface area contributed by atoms with E-state index in [-0.39, 0.29) is 0 Å². The lowest BCUT2D eigenvalue weighted by Crippen LogP contribution is -2.03. The van der Waals surface area contributed by atoms with Crippen LogP contribution in [-0.4, -0.2) is 23.7 Å². The maximum atomic E-state index is 5.32. The predicted octanol–water partition coefficient (Wildman–Crippen LogP) is 9.77. The molecule has 0 saturated heterocycles. The molecule has 10 rings (SSSR count). The summed E-state index contributed by atoms with van der Waals surface area (Å²) in [6.07, 6.45) is 1.87. The Morgan fingerprint density at radius 2 is 0.822 bits per heavy atom. The summed E-state index contributed by atoms with van der Waals surface area (Å²) in [5, 5.41) is 7.17. The van der Waals surface area contributed by atoms with Crippen LogP contribution in [0.25, 0.3) is 82.9 Å². The van der Waals surface area contributed by atoms with Crippen LogP contribution < -0.4 is 0 Å². The summed E-state index contributed by atoms with van der Waals surface area (Å²) in [7, 11) is 0. The summed E-state index contributed by atoms with van der Waals surface area (Å²) in [5.41, 5.74) is 7.72. The fourth-order valence-electron chi connectivity index (χ4n) is 7.23. The Morgan fingerprint density at radius 1 is 0.356 bits per heavy atom. The lowest BCUT2D eigenvalue weighted by atomic mass is 10.1. The molecule has 0 bridgehead atoms. The van der Waals surface area contributed by atoms with Gasteiger partial charge in [0.05, 0.1) is 27.6 Å². The highest BCUT2D eigenvalue weighted by atomic mass is 15.1. The van der Waals surface area contributed by atoms with Gasteiger partial charge >= 0.3 is 0 Å². The molecule has 10 aromatic rings. The van der Waals surface area contributed by atoms with Crippen LogP contribution in [0.5, 0.6) is 0 Å². The van der Waals surface area contributed by atoms with Gasteiger partial charge in [0, 0.05) is 44.2 Å². The minimum atomic E-state index is 0.881. The van der Waals surface area contributed by atoms with Gasteiger partial charge in [0.1, 0.15) is 17.3 Å². The van der Waals surface area contributed by atoms with Gasteiger partial charge in [-0.1, -0.05) is 78.9 Å². The molecule has 210 valence electrons. The van der Waals surface area contributed by atoms with Crippen LogP contribution >= 0.6 is 0 Å². The van der Waals surface area contributed by atoms with Gasteiger partial charge < -0.3 is 0 Å². The number of nitrogens with zero attached hydrogens (tertiary/aromatic N) is 5. The zero-order valence-corrected chi connectivity index (χ0v) is 24.2. The zero-order valence-electron chi connectivity index (χ0n) is 24.2. The van der Waals surface area contributed by atoms with E-state index in [1.807, 2.05) is 12.3 Å². The van der Waals surface area contributed by atoms with E-state index >= 15 is 0 Å². The highest BCUT2D eigenvalue weighted by Crippen LogP contribution is 2.37. The molecule has 0 aliphatic carbocycles. The molecule has 0 aliphatic heterocycles. The summed E-state index contributed by atoms with van der Waals surface area (Å²) in [5.74, 6) is 1.77. The molecule has 5 nitrogen and oxygen atoms in total. The van der Waals surface area contributed by atoms with Crippen molar-refractivity contribution in [3.05, 3.63) is 152 Å². The number of hydrogen-bond donors (Lipinski definition) is 0. The van der Waals surface area contributed by atoms with Crippen LogP contribution in [0, 0.1) is 0 Å². The van der Waals surface area contributed by atoms with Crippen molar-refractivity contribution < 1.29 is 0 Å². The monoisotopic (exact) mass is 575 g/mol.